The fraction of sp³-hybridized carbons (Fsp3) is 0.577. The van der Waals surface area contributed by atoms with Gasteiger partial charge in [-0.1, -0.05) is 74.4 Å². The number of piperidine rings is 1. The molecule has 1 atom stereocenters. The summed E-state index contributed by atoms with van der Waals surface area (Å²) in [5, 5.41) is 7.42. The second-order valence-electron chi connectivity index (χ2n) is 8.37. The van der Waals surface area contributed by atoms with Crippen LogP contribution in [0.2, 0.25) is 0 Å². The molecule has 2 fully saturated rings. The minimum atomic E-state index is -4.21. The van der Waals surface area contributed by atoms with Crippen molar-refractivity contribution in [1.29, 1.82) is 0 Å². The number of carboxylic acids is 1. The number of benzene rings is 1. The summed E-state index contributed by atoms with van der Waals surface area (Å²) in [6.07, 6.45) is 6.92. The second-order valence-corrected chi connectivity index (χ2v) is 8.37. The van der Waals surface area contributed by atoms with Gasteiger partial charge in [0.25, 0.3) is 5.97 Å². The quantitative estimate of drug-likeness (QED) is 0.503. The first-order chi connectivity index (χ1) is 15.1. The van der Waals surface area contributed by atoms with Crippen molar-refractivity contribution >= 4 is 5.97 Å². The van der Waals surface area contributed by atoms with Crippen LogP contribution in [-0.4, -0.2) is 35.1 Å². The van der Waals surface area contributed by atoms with Gasteiger partial charge in [-0.15, -0.1) is 0 Å². The van der Waals surface area contributed by atoms with Crippen molar-refractivity contribution in [3.63, 3.8) is 0 Å². The molecule has 0 bridgehead atoms. The second kappa shape index (κ2) is 14.7. The molecule has 32 heavy (non-hydrogen) atoms. The normalized spacial score (nSPS) is 17.9. The highest BCUT2D eigenvalue weighted by molar-refractivity contribution is 5.62. The lowest BCUT2D eigenvalue weighted by Crippen LogP contribution is -2.43. The van der Waals surface area contributed by atoms with Crippen LogP contribution >= 0.6 is 0 Å². The molecule has 1 saturated heterocycles. The summed E-state index contributed by atoms with van der Waals surface area (Å²) in [5.41, 5.74) is 0.405. The molecular formula is C26H36F3NO2. The smallest absolute Gasteiger partial charge is 0.416 e. The third-order valence-corrected chi connectivity index (χ3v) is 5.41. The Balaban J connectivity index is 0.000000307. The average Bonchev–Trinajstić information content (AvgIpc) is 2.75. The summed E-state index contributed by atoms with van der Waals surface area (Å²) in [6, 6.07) is 6.86. The number of aliphatic carboxylic acids is 1. The molecule has 6 heteroatoms. The van der Waals surface area contributed by atoms with Crippen LogP contribution < -0.4 is 0 Å². The molecule has 0 radical (unpaired) electrons. The molecule has 178 valence electrons. The maximum atomic E-state index is 11.8. The minimum Gasteiger partial charge on any atom is -0.481 e. The Bertz CT molecular complexity index is 716. The molecule has 1 N–H and O–H groups in total. The van der Waals surface area contributed by atoms with Crippen LogP contribution in [0.5, 0.6) is 0 Å². The molecular weight excluding hydrogens is 415 g/mol. The van der Waals surface area contributed by atoms with Crippen molar-refractivity contribution in [1.82, 2.24) is 4.90 Å². The number of hydrogen-bond donors (Lipinski definition) is 1. The standard InChI is InChI=1S/C17H27N.C7H5F3.C2H4O2/c1-15(2)11-12-17(16-9-5-3-6-10-16)18-13-7-4-8-14-18;8-7(9,10)6-4-2-1-3-5-6;1-2(3)4/h16-17H,1,3-10,13-14H2,2H3;1-5H;1H3,(H,3,4). The van der Waals surface area contributed by atoms with E-state index in [4.69, 9.17) is 9.90 Å². The first-order valence-corrected chi connectivity index (χ1v) is 11.3. The highest BCUT2D eigenvalue weighted by Gasteiger charge is 2.29. The number of carboxylic acid groups (broad SMARTS) is 1. The fourth-order valence-electron chi connectivity index (χ4n) is 3.98. The van der Waals surface area contributed by atoms with Crippen LogP contribution in [-0.2, 0) is 11.0 Å². The summed E-state index contributed by atoms with van der Waals surface area (Å²) in [7, 11) is 0. The van der Waals surface area contributed by atoms with Gasteiger partial charge in [-0.3, -0.25) is 9.69 Å². The number of rotatable bonds is 2. The zero-order valence-electron chi connectivity index (χ0n) is 19.3. The van der Waals surface area contributed by atoms with Crippen LogP contribution in [0.15, 0.2) is 42.5 Å². The molecule has 1 unspecified atom stereocenters. The topological polar surface area (TPSA) is 40.5 Å². The molecule has 1 saturated carbocycles. The Morgan fingerprint density at radius 2 is 1.53 bits per heavy atom. The van der Waals surface area contributed by atoms with Gasteiger partial charge in [0.05, 0.1) is 11.6 Å². The molecule has 1 aliphatic carbocycles. The molecule has 1 aromatic rings. The van der Waals surface area contributed by atoms with E-state index in [1.165, 1.54) is 76.6 Å². The van der Waals surface area contributed by atoms with Crippen molar-refractivity contribution in [2.75, 3.05) is 13.1 Å². The van der Waals surface area contributed by atoms with Gasteiger partial charge in [-0.25, -0.2) is 0 Å². The number of alkyl halides is 3. The summed E-state index contributed by atoms with van der Waals surface area (Å²) < 4.78 is 35.4. The number of likely N-dealkylation sites (tertiary alicyclic amines) is 1. The summed E-state index contributed by atoms with van der Waals surface area (Å²) in [6.45, 7) is 9.54. The predicted molar refractivity (Wildman–Crippen MR) is 123 cm³/mol. The van der Waals surface area contributed by atoms with Gasteiger partial charge in [0.15, 0.2) is 0 Å². The lowest BCUT2D eigenvalue weighted by molar-refractivity contribution is -0.137. The van der Waals surface area contributed by atoms with E-state index in [1.807, 2.05) is 6.92 Å². The van der Waals surface area contributed by atoms with Gasteiger partial charge >= 0.3 is 6.18 Å². The molecule has 0 amide bonds. The van der Waals surface area contributed by atoms with Crippen LogP contribution in [0.3, 0.4) is 0 Å². The van der Waals surface area contributed by atoms with Gasteiger partial charge in [-0.2, -0.15) is 13.2 Å². The van der Waals surface area contributed by atoms with Crippen molar-refractivity contribution in [3.05, 3.63) is 48.0 Å². The van der Waals surface area contributed by atoms with Gasteiger partial charge in [0, 0.05) is 6.92 Å². The maximum Gasteiger partial charge on any atom is 0.416 e. The van der Waals surface area contributed by atoms with E-state index in [2.05, 4.69) is 23.3 Å². The monoisotopic (exact) mass is 451 g/mol. The third kappa shape index (κ3) is 12.0. The van der Waals surface area contributed by atoms with Gasteiger partial charge in [-0.05, 0) is 57.2 Å². The van der Waals surface area contributed by atoms with Crippen molar-refractivity contribution < 1.29 is 23.1 Å². The lowest BCUT2D eigenvalue weighted by atomic mass is 9.83. The van der Waals surface area contributed by atoms with Crippen molar-refractivity contribution in [2.45, 2.75) is 77.4 Å². The van der Waals surface area contributed by atoms with E-state index in [0.717, 1.165) is 30.5 Å². The number of halogens is 3. The first-order valence-electron chi connectivity index (χ1n) is 11.3. The lowest BCUT2D eigenvalue weighted by Gasteiger charge is -2.37. The number of nitrogens with zero attached hydrogens (tertiary/aromatic N) is 1. The zero-order chi connectivity index (χ0) is 24.0. The predicted octanol–water partition coefficient (Wildman–Crippen LogP) is 6.80. The maximum absolute atomic E-state index is 11.8. The van der Waals surface area contributed by atoms with Crippen LogP contribution in [0.4, 0.5) is 13.2 Å². The minimum absolute atomic E-state index is 0.502. The SMILES string of the molecule is C=C(C)C#CC(C1CCCCC1)N1CCCCC1.CC(=O)O.FC(F)(F)c1ccccc1. The highest BCUT2D eigenvalue weighted by atomic mass is 19.4. The van der Waals surface area contributed by atoms with E-state index in [1.54, 1.807) is 6.07 Å². The molecule has 1 aromatic carbocycles. The Morgan fingerprint density at radius 3 is 1.97 bits per heavy atom. The van der Waals surface area contributed by atoms with E-state index >= 15 is 0 Å². The molecule has 3 rings (SSSR count). The van der Waals surface area contributed by atoms with Crippen LogP contribution in [0.1, 0.15) is 70.8 Å². The van der Waals surface area contributed by atoms with Gasteiger partial charge < -0.3 is 5.11 Å². The van der Waals surface area contributed by atoms with Gasteiger partial charge in [0.2, 0.25) is 0 Å². The van der Waals surface area contributed by atoms with Crippen LogP contribution in [0, 0.1) is 17.8 Å². The van der Waals surface area contributed by atoms with E-state index in [9.17, 15) is 13.2 Å². The molecule has 0 spiro atoms. The fourth-order valence-corrected chi connectivity index (χ4v) is 3.98. The summed E-state index contributed by atoms with van der Waals surface area (Å²) in [4.78, 5) is 11.6. The molecule has 3 nitrogen and oxygen atoms in total. The number of hydrogen-bond acceptors (Lipinski definition) is 2. The van der Waals surface area contributed by atoms with Gasteiger partial charge in [0.1, 0.15) is 0 Å². The highest BCUT2D eigenvalue weighted by Crippen LogP contribution is 2.30. The van der Waals surface area contributed by atoms with E-state index in [-0.39, 0.29) is 0 Å². The number of carbonyl (C=O) groups is 1. The Hall–Kier alpha value is -2.26. The Kier molecular flexibility index (Phi) is 12.8. The average molecular weight is 452 g/mol. The van der Waals surface area contributed by atoms with Crippen molar-refractivity contribution in [3.8, 4) is 11.8 Å². The Morgan fingerprint density at radius 1 is 1.03 bits per heavy atom. The summed E-state index contributed by atoms with van der Waals surface area (Å²) >= 11 is 0. The van der Waals surface area contributed by atoms with Crippen LogP contribution in [0.25, 0.3) is 0 Å². The zero-order valence-corrected chi connectivity index (χ0v) is 19.3. The largest absolute Gasteiger partial charge is 0.481 e. The van der Waals surface area contributed by atoms with E-state index < -0.39 is 17.7 Å². The molecule has 1 heterocycles. The molecule has 2 aliphatic rings. The molecule has 0 aromatic heterocycles. The van der Waals surface area contributed by atoms with E-state index in [0.29, 0.717) is 6.04 Å². The Labute approximate surface area is 190 Å². The first kappa shape index (κ1) is 27.8. The number of allylic oxidation sites excluding steroid dienone is 1. The third-order valence-electron chi connectivity index (χ3n) is 5.41. The molecule has 1 aliphatic heterocycles. The van der Waals surface area contributed by atoms with Crippen molar-refractivity contribution in [2.24, 2.45) is 5.92 Å². The summed E-state index contributed by atoms with van der Waals surface area (Å²) in [5.74, 6) is 6.76.